The molecule has 2 rings (SSSR count). The molecule has 0 atom stereocenters. The molecule has 31 heavy (non-hydrogen) atoms. The molecule has 2 aromatic rings. The van der Waals surface area contributed by atoms with Crippen molar-refractivity contribution in [1.29, 1.82) is 0 Å². The van der Waals surface area contributed by atoms with Crippen molar-refractivity contribution in [3.63, 3.8) is 0 Å². The van der Waals surface area contributed by atoms with E-state index in [2.05, 4.69) is 27.5 Å². The lowest BCUT2D eigenvalue weighted by molar-refractivity contribution is 0.0285. The Morgan fingerprint density at radius 1 is 1.16 bits per heavy atom. The summed E-state index contributed by atoms with van der Waals surface area (Å²) in [5.74, 6) is 0.766. The number of guanidine groups is 1. The number of amides is 1. The molecule has 170 valence electrons. The van der Waals surface area contributed by atoms with Crippen LogP contribution in [0.15, 0.2) is 29.3 Å². The van der Waals surface area contributed by atoms with Crippen LogP contribution in [-0.4, -0.2) is 41.1 Å². The van der Waals surface area contributed by atoms with Crippen molar-refractivity contribution in [2.24, 2.45) is 4.99 Å². The van der Waals surface area contributed by atoms with E-state index in [1.54, 1.807) is 23.3 Å². The summed E-state index contributed by atoms with van der Waals surface area (Å²) in [6.45, 7) is 14.3. The van der Waals surface area contributed by atoms with E-state index < -0.39 is 5.60 Å². The first-order valence-electron chi connectivity index (χ1n) is 10.5. The predicted molar refractivity (Wildman–Crippen MR) is 127 cm³/mol. The second-order valence-corrected chi connectivity index (χ2v) is 9.74. The molecule has 0 fully saturated rings. The molecule has 0 saturated carbocycles. The van der Waals surface area contributed by atoms with Crippen LogP contribution in [0.2, 0.25) is 0 Å². The highest BCUT2D eigenvalue weighted by Crippen LogP contribution is 2.16. The van der Waals surface area contributed by atoms with Crippen LogP contribution in [-0.2, 0) is 24.4 Å². The average Bonchev–Trinajstić information content (AvgIpc) is 3.01. The van der Waals surface area contributed by atoms with Gasteiger partial charge in [0.1, 0.15) is 10.6 Å². The zero-order valence-electron chi connectivity index (χ0n) is 19.7. The second-order valence-electron chi connectivity index (χ2n) is 8.45. The van der Waals surface area contributed by atoms with Crippen LogP contribution in [0.5, 0.6) is 0 Å². The molecule has 0 aliphatic heterocycles. The van der Waals surface area contributed by atoms with Crippen molar-refractivity contribution < 1.29 is 9.53 Å². The number of rotatable bonds is 7. The topological polar surface area (TPSA) is 78.9 Å². The molecule has 2 N–H and O–H groups in total. The van der Waals surface area contributed by atoms with E-state index in [4.69, 9.17) is 4.74 Å². The van der Waals surface area contributed by atoms with E-state index in [0.29, 0.717) is 19.6 Å². The number of aryl methyl sites for hydroxylation is 2. The largest absolute Gasteiger partial charge is 0.444 e. The fraction of sp³-hybridized carbons (Fsp3) is 0.522. The van der Waals surface area contributed by atoms with Gasteiger partial charge in [-0.3, -0.25) is 0 Å². The average molecular weight is 446 g/mol. The highest BCUT2D eigenvalue weighted by Gasteiger charge is 2.19. The van der Waals surface area contributed by atoms with Gasteiger partial charge in [-0.25, -0.2) is 14.8 Å². The molecule has 0 spiro atoms. The summed E-state index contributed by atoms with van der Waals surface area (Å²) in [7, 11) is 1.74. The predicted octanol–water partition coefficient (Wildman–Crippen LogP) is 4.38. The van der Waals surface area contributed by atoms with E-state index in [1.807, 2.05) is 58.9 Å². The number of hydrogen-bond acceptors (Lipinski definition) is 5. The lowest BCUT2D eigenvalue weighted by Crippen LogP contribution is -2.36. The number of carbonyl (C=O) groups is 1. The monoisotopic (exact) mass is 445 g/mol. The quantitative estimate of drug-likeness (QED) is 0.488. The number of nitrogens with one attached hydrogen (secondary N) is 2. The molecule has 0 bridgehead atoms. The molecule has 1 aromatic carbocycles. The van der Waals surface area contributed by atoms with Gasteiger partial charge in [-0.05, 0) is 52.7 Å². The van der Waals surface area contributed by atoms with Crippen LogP contribution in [0.1, 0.15) is 54.4 Å². The molecule has 1 amide bonds. The number of thiazole rings is 1. The second kappa shape index (κ2) is 11.1. The van der Waals surface area contributed by atoms with Crippen molar-refractivity contribution in [1.82, 2.24) is 20.5 Å². The number of aliphatic imine (C=N–C) groups is 1. The molecule has 0 aliphatic rings. The third-order valence-electron chi connectivity index (χ3n) is 4.39. The maximum Gasteiger partial charge on any atom is 0.410 e. The first-order chi connectivity index (χ1) is 14.6. The SMILES string of the molecule is CCNC(=NCc1ccc(CN(C)C(=O)OC(C)(C)C)cc1)NCc1nc(C)c(C)s1. The highest BCUT2D eigenvalue weighted by atomic mass is 32.1. The maximum atomic E-state index is 12.1. The Labute approximate surface area is 189 Å². The van der Waals surface area contributed by atoms with Gasteiger partial charge in [0.05, 0.1) is 18.8 Å². The minimum atomic E-state index is -0.497. The summed E-state index contributed by atoms with van der Waals surface area (Å²) in [5.41, 5.74) is 2.73. The number of ether oxygens (including phenoxy) is 1. The molecule has 8 heteroatoms. The maximum absolute atomic E-state index is 12.1. The number of hydrogen-bond donors (Lipinski definition) is 2. The molecule has 1 aromatic heterocycles. The van der Waals surface area contributed by atoms with E-state index in [9.17, 15) is 4.79 Å². The highest BCUT2D eigenvalue weighted by molar-refractivity contribution is 7.11. The standard InChI is InChI=1S/C23H35N5O2S/c1-8-24-21(26-14-20-27-16(2)17(3)31-20)25-13-18-9-11-19(12-10-18)15-28(7)22(29)30-23(4,5)6/h9-12H,8,13-15H2,1-7H3,(H2,24,25,26). The van der Waals surface area contributed by atoms with E-state index in [-0.39, 0.29) is 6.09 Å². The van der Waals surface area contributed by atoms with Crippen molar-refractivity contribution in [3.8, 4) is 0 Å². The third-order valence-corrected chi connectivity index (χ3v) is 5.46. The minimum Gasteiger partial charge on any atom is -0.444 e. The third kappa shape index (κ3) is 8.57. The molecule has 7 nitrogen and oxygen atoms in total. The molecule has 0 radical (unpaired) electrons. The van der Waals surface area contributed by atoms with Gasteiger partial charge in [0.2, 0.25) is 0 Å². The van der Waals surface area contributed by atoms with Gasteiger partial charge in [0.25, 0.3) is 0 Å². The Morgan fingerprint density at radius 3 is 2.35 bits per heavy atom. The number of carbonyl (C=O) groups excluding carboxylic acids is 1. The summed E-state index contributed by atoms with van der Waals surface area (Å²) in [5, 5.41) is 7.67. The van der Waals surface area contributed by atoms with Gasteiger partial charge < -0.3 is 20.3 Å². The van der Waals surface area contributed by atoms with Gasteiger partial charge in [-0.15, -0.1) is 11.3 Å². The minimum absolute atomic E-state index is 0.326. The zero-order chi connectivity index (χ0) is 23.0. The van der Waals surface area contributed by atoms with Crippen molar-refractivity contribution in [2.45, 2.75) is 66.8 Å². The van der Waals surface area contributed by atoms with Crippen LogP contribution in [0.25, 0.3) is 0 Å². The Hall–Kier alpha value is -2.61. The summed E-state index contributed by atoms with van der Waals surface area (Å²) in [4.78, 5) is 24.2. The van der Waals surface area contributed by atoms with E-state index in [0.717, 1.165) is 34.3 Å². The van der Waals surface area contributed by atoms with Gasteiger partial charge in [0, 0.05) is 25.0 Å². The van der Waals surface area contributed by atoms with Crippen LogP contribution < -0.4 is 10.6 Å². The van der Waals surface area contributed by atoms with Crippen LogP contribution >= 0.6 is 11.3 Å². The summed E-state index contributed by atoms with van der Waals surface area (Å²) < 4.78 is 5.40. The summed E-state index contributed by atoms with van der Waals surface area (Å²) in [6, 6.07) is 8.12. The first kappa shape index (κ1) is 24.7. The van der Waals surface area contributed by atoms with Crippen LogP contribution in [0.3, 0.4) is 0 Å². The van der Waals surface area contributed by atoms with Crippen molar-refractivity contribution in [3.05, 3.63) is 51.0 Å². The molecular weight excluding hydrogens is 410 g/mol. The Morgan fingerprint density at radius 2 is 1.81 bits per heavy atom. The Bertz CT molecular complexity index is 865. The van der Waals surface area contributed by atoms with Crippen molar-refractivity contribution in [2.75, 3.05) is 13.6 Å². The van der Waals surface area contributed by atoms with E-state index in [1.165, 1.54) is 4.88 Å². The van der Waals surface area contributed by atoms with Crippen LogP contribution in [0, 0.1) is 13.8 Å². The lowest BCUT2D eigenvalue weighted by atomic mass is 10.1. The summed E-state index contributed by atoms with van der Waals surface area (Å²) in [6.07, 6.45) is -0.326. The smallest absolute Gasteiger partial charge is 0.410 e. The fourth-order valence-corrected chi connectivity index (χ4v) is 3.59. The van der Waals surface area contributed by atoms with Gasteiger partial charge in [0.15, 0.2) is 5.96 Å². The Balaban J connectivity index is 1.91. The van der Waals surface area contributed by atoms with Crippen molar-refractivity contribution >= 4 is 23.4 Å². The molecule has 0 saturated heterocycles. The summed E-state index contributed by atoms with van der Waals surface area (Å²) >= 11 is 1.71. The zero-order valence-corrected chi connectivity index (χ0v) is 20.5. The number of aromatic nitrogens is 1. The van der Waals surface area contributed by atoms with E-state index >= 15 is 0 Å². The first-order valence-corrected chi connectivity index (χ1v) is 11.4. The fourth-order valence-electron chi connectivity index (χ4n) is 2.71. The normalized spacial score (nSPS) is 11.9. The molecule has 1 heterocycles. The van der Waals surface area contributed by atoms with Crippen LogP contribution in [0.4, 0.5) is 4.79 Å². The van der Waals surface area contributed by atoms with Gasteiger partial charge >= 0.3 is 6.09 Å². The molecule has 0 aliphatic carbocycles. The number of benzene rings is 1. The lowest BCUT2D eigenvalue weighted by Gasteiger charge is -2.24. The van der Waals surface area contributed by atoms with Gasteiger partial charge in [-0.2, -0.15) is 0 Å². The van der Waals surface area contributed by atoms with Gasteiger partial charge in [-0.1, -0.05) is 24.3 Å². The Kier molecular flexibility index (Phi) is 8.86. The molecular formula is C23H35N5O2S. The molecule has 0 unspecified atom stereocenters. The number of nitrogens with zero attached hydrogens (tertiary/aromatic N) is 3.